The van der Waals surface area contributed by atoms with Crippen molar-refractivity contribution in [1.29, 1.82) is 0 Å². The van der Waals surface area contributed by atoms with Crippen LogP contribution in [-0.4, -0.2) is 11.1 Å². The number of aromatic carboxylic acids is 1. The van der Waals surface area contributed by atoms with Crippen LogP contribution in [0.25, 0.3) is 0 Å². The summed E-state index contributed by atoms with van der Waals surface area (Å²) < 4.78 is 13.4. The van der Waals surface area contributed by atoms with Crippen LogP contribution >= 0.6 is 12.4 Å². The first-order chi connectivity index (χ1) is 6.93. The van der Waals surface area contributed by atoms with Gasteiger partial charge in [0.15, 0.2) is 0 Å². The molecule has 0 saturated heterocycles. The molecule has 5 heteroatoms. The Hall–Kier alpha value is -1.13. The molecule has 1 rings (SSSR count). The molecular weight excluding hydrogens is 233 g/mol. The van der Waals surface area contributed by atoms with Crippen LogP contribution in [0.15, 0.2) is 18.2 Å². The molecule has 3 N–H and O–H groups in total. The zero-order chi connectivity index (χ0) is 11.6. The van der Waals surface area contributed by atoms with Crippen molar-refractivity contribution < 1.29 is 14.3 Å². The molecule has 90 valence electrons. The van der Waals surface area contributed by atoms with E-state index >= 15 is 0 Å². The lowest BCUT2D eigenvalue weighted by Gasteiger charge is -2.17. The molecule has 0 aromatic heterocycles. The second-order valence-corrected chi connectivity index (χ2v) is 3.81. The second kappa shape index (κ2) is 5.82. The Balaban J connectivity index is 0.00000225. The van der Waals surface area contributed by atoms with E-state index in [2.05, 4.69) is 0 Å². The summed E-state index contributed by atoms with van der Waals surface area (Å²) in [6.45, 7) is 3.72. The van der Waals surface area contributed by atoms with Crippen molar-refractivity contribution >= 4 is 18.4 Å². The Morgan fingerprint density at radius 2 is 2.00 bits per heavy atom. The molecule has 0 aliphatic heterocycles. The van der Waals surface area contributed by atoms with E-state index in [0.717, 1.165) is 6.07 Å². The number of halogens is 2. The lowest BCUT2D eigenvalue weighted by molar-refractivity contribution is 0.0696. The van der Waals surface area contributed by atoms with Crippen LogP contribution in [0, 0.1) is 11.7 Å². The maximum atomic E-state index is 13.4. The Bertz CT molecular complexity index is 382. The summed E-state index contributed by atoms with van der Waals surface area (Å²) in [5.41, 5.74) is 6.09. The highest BCUT2D eigenvalue weighted by Gasteiger charge is 2.16. The van der Waals surface area contributed by atoms with E-state index < -0.39 is 17.8 Å². The van der Waals surface area contributed by atoms with Gasteiger partial charge in [0.05, 0.1) is 5.56 Å². The quantitative estimate of drug-likeness (QED) is 0.863. The minimum Gasteiger partial charge on any atom is -0.478 e. The first kappa shape index (κ1) is 14.9. The lowest BCUT2D eigenvalue weighted by atomic mass is 9.95. The number of carbonyl (C=O) groups is 1. The average Bonchev–Trinajstić information content (AvgIpc) is 2.16. The van der Waals surface area contributed by atoms with Crippen LogP contribution in [0.3, 0.4) is 0 Å². The fraction of sp³-hybridized carbons (Fsp3) is 0.364. The summed E-state index contributed by atoms with van der Waals surface area (Å²) in [5.74, 6) is -1.48. The molecule has 0 heterocycles. The molecule has 1 aromatic rings. The molecule has 0 unspecified atom stereocenters. The molecule has 0 saturated carbocycles. The van der Waals surface area contributed by atoms with Gasteiger partial charge in [-0.25, -0.2) is 9.18 Å². The van der Waals surface area contributed by atoms with Crippen molar-refractivity contribution in [1.82, 2.24) is 0 Å². The molecule has 0 radical (unpaired) electrons. The van der Waals surface area contributed by atoms with Gasteiger partial charge in [0.2, 0.25) is 0 Å². The number of nitrogens with two attached hydrogens (primary N) is 1. The van der Waals surface area contributed by atoms with E-state index in [1.54, 1.807) is 0 Å². The van der Waals surface area contributed by atoms with Crippen molar-refractivity contribution in [3.8, 4) is 0 Å². The van der Waals surface area contributed by atoms with Gasteiger partial charge in [-0.15, -0.1) is 12.4 Å². The van der Waals surface area contributed by atoms with Gasteiger partial charge >= 0.3 is 5.97 Å². The van der Waals surface area contributed by atoms with Crippen LogP contribution in [0.4, 0.5) is 4.39 Å². The van der Waals surface area contributed by atoms with Gasteiger partial charge in [-0.3, -0.25) is 0 Å². The van der Waals surface area contributed by atoms with Gasteiger partial charge in [0, 0.05) is 11.6 Å². The highest BCUT2D eigenvalue weighted by Crippen LogP contribution is 2.22. The van der Waals surface area contributed by atoms with Gasteiger partial charge in [-0.1, -0.05) is 13.8 Å². The minimum atomic E-state index is -1.08. The molecule has 0 aliphatic carbocycles. The van der Waals surface area contributed by atoms with E-state index in [1.807, 2.05) is 13.8 Å². The normalized spacial score (nSPS) is 12.1. The average molecular weight is 248 g/mol. The molecule has 0 spiro atoms. The van der Waals surface area contributed by atoms with Crippen molar-refractivity contribution in [2.24, 2.45) is 11.7 Å². The Morgan fingerprint density at radius 1 is 1.44 bits per heavy atom. The summed E-state index contributed by atoms with van der Waals surface area (Å²) >= 11 is 0. The first-order valence-corrected chi connectivity index (χ1v) is 4.71. The highest BCUT2D eigenvalue weighted by atomic mass is 35.5. The molecule has 0 bridgehead atoms. The van der Waals surface area contributed by atoms with Crippen molar-refractivity contribution in [3.63, 3.8) is 0 Å². The number of benzene rings is 1. The topological polar surface area (TPSA) is 63.3 Å². The third-order valence-electron chi connectivity index (χ3n) is 2.32. The second-order valence-electron chi connectivity index (χ2n) is 3.81. The van der Waals surface area contributed by atoms with E-state index in [-0.39, 0.29) is 29.5 Å². The molecule has 0 amide bonds. The number of carboxylic acids is 1. The van der Waals surface area contributed by atoms with Crippen LogP contribution in [0.5, 0.6) is 0 Å². The molecule has 1 aromatic carbocycles. The third kappa shape index (κ3) is 3.18. The van der Waals surface area contributed by atoms with E-state index in [0.29, 0.717) is 0 Å². The summed E-state index contributed by atoms with van der Waals surface area (Å²) in [6.07, 6.45) is 0. The fourth-order valence-electron chi connectivity index (χ4n) is 1.29. The molecule has 16 heavy (non-hydrogen) atoms. The van der Waals surface area contributed by atoms with Crippen LogP contribution < -0.4 is 5.73 Å². The van der Waals surface area contributed by atoms with Gasteiger partial charge < -0.3 is 10.8 Å². The molecule has 1 atom stereocenters. The molecule has 0 aliphatic rings. The summed E-state index contributed by atoms with van der Waals surface area (Å²) in [7, 11) is 0. The molecule has 0 fully saturated rings. The number of carboxylic acid groups (broad SMARTS) is 1. The van der Waals surface area contributed by atoms with Crippen LogP contribution in [0.1, 0.15) is 35.8 Å². The van der Waals surface area contributed by atoms with Crippen LogP contribution in [-0.2, 0) is 0 Å². The standard InChI is InChI=1S/C11H14FNO2.ClH/c1-6(2)10(13)8-5-7(11(14)15)3-4-9(8)12;/h3-6,10H,13H2,1-2H3,(H,14,15);1H/t10-;/m1./s1. The van der Waals surface area contributed by atoms with Gasteiger partial charge in [0.25, 0.3) is 0 Å². The maximum absolute atomic E-state index is 13.4. The lowest BCUT2D eigenvalue weighted by Crippen LogP contribution is -2.18. The zero-order valence-corrected chi connectivity index (χ0v) is 9.92. The van der Waals surface area contributed by atoms with Crippen LogP contribution in [0.2, 0.25) is 0 Å². The summed E-state index contributed by atoms with van der Waals surface area (Å²) in [6, 6.07) is 3.18. The Kier molecular flexibility index (Phi) is 5.41. The Labute approximate surface area is 99.9 Å². The fourth-order valence-corrected chi connectivity index (χ4v) is 1.29. The zero-order valence-electron chi connectivity index (χ0n) is 9.11. The van der Waals surface area contributed by atoms with E-state index in [4.69, 9.17) is 10.8 Å². The monoisotopic (exact) mass is 247 g/mol. The van der Waals surface area contributed by atoms with Crippen molar-refractivity contribution in [3.05, 3.63) is 35.1 Å². The summed E-state index contributed by atoms with van der Waals surface area (Å²) in [4.78, 5) is 10.7. The first-order valence-electron chi connectivity index (χ1n) is 4.71. The SMILES string of the molecule is CC(C)[C@@H](N)c1cc(C(=O)O)ccc1F.Cl. The van der Waals surface area contributed by atoms with E-state index in [1.165, 1.54) is 12.1 Å². The van der Waals surface area contributed by atoms with Gasteiger partial charge in [-0.05, 0) is 24.1 Å². The predicted octanol–water partition coefficient (Wildman–Crippen LogP) is 2.60. The maximum Gasteiger partial charge on any atom is 0.335 e. The highest BCUT2D eigenvalue weighted by molar-refractivity contribution is 5.87. The minimum absolute atomic E-state index is 0. The largest absolute Gasteiger partial charge is 0.478 e. The van der Waals surface area contributed by atoms with Gasteiger partial charge in [0.1, 0.15) is 5.82 Å². The Morgan fingerprint density at radius 3 is 2.44 bits per heavy atom. The van der Waals surface area contributed by atoms with Crippen molar-refractivity contribution in [2.45, 2.75) is 19.9 Å². The third-order valence-corrected chi connectivity index (χ3v) is 2.32. The van der Waals surface area contributed by atoms with Gasteiger partial charge in [-0.2, -0.15) is 0 Å². The van der Waals surface area contributed by atoms with E-state index in [9.17, 15) is 9.18 Å². The smallest absolute Gasteiger partial charge is 0.335 e. The number of hydrogen-bond donors (Lipinski definition) is 2. The number of rotatable bonds is 3. The molecular formula is C11H15ClFNO2. The summed E-state index contributed by atoms with van der Waals surface area (Å²) in [5, 5.41) is 8.76. The molecule has 3 nitrogen and oxygen atoms in total. The predicted molar refractivity (Wildman–Crippen MR) is 62.4 cm³/mol. The number of hydrogen-bond acceptors (Lipinski definition) is 2. The van der Waals surface area contributed by atoms with Crippen molar-refractivity contribution in [2.75, 3.05) is 0 Å².